The number of rotatable bonds is 13. The number of hydrogen-bond donors (Lipinski definition) is 2. The fourth-order valence-corrected chi connectivity index (χ4v) is 5.35. The molecule has 6 nitrogen and oxygen atoms in total. The third-order valence-electron chi connectivity index (χ3n) is 6.39. The zero-order chi connectivity index (χ0) is 26.1. The Hall–Kier alpha value is -3.42. The van der Waals surface area contributed by atoms with E-state index in [2.05, 4.69) is 16.6 Å². The van der Waals surface area contributed by atoms with Gasteiger partial charge in [-0.15, -0.1) is 0 Å². The van der Waals surface area contributed by atoms with Crippen LogP contribution in [0.1, 0.15) is 43.9 Å². The van der Waals surface area contributed by atoms with E-state index in [0.29, 0.717) is 24.3 Å². The Kier molecular flexibility index (Phi) is 9.14. The molecule has 3 aromatic carbocycles. The maximum atomic E-state index is 12.8. The molecule has 0 atom stereocenters. The van der Waals surface area contributed by atoms with Gasteiger partial charge in [0.2, 0.25) is 10.0 Å². The lowest BCUT2D eigenvalue weighted by Gasteiger charge is -2.08. The third-order valence-corrected chi connectivity index (χ3v) is 7.86. The molecular formula is C30H35N3O3S. The van der Waals surface area contributed by atoms with Crippen LogP contribution in [0.4, 0.5) is 0 Å². The summed E-state index contributed by atoms with van der Waals surface area (Å²) < 4.78 is 33.7. The lowest BCUT2D eigenvalue weighted by Crippen LogP contribution is -2.25. The number of benzene rings is 3. The number of H-pyrrole nitrogens is 1. The van der Waals surface area contributed by atoms with Crippen molar-refractivity contribution in [3.05, 3.63) is 90.1 Å². The molecule has 0 radical (unpaired) electrons. The standard InChI is InChI=1S/C30H35N3O3S/c1-3-4-6-10-23-14-20-27(21-15-23)37(34,35)31-22-9-13-28-29(24-16-18-26(36-2)19-17-24)33-30(32-28)25-11-7-5-8-12-25/h5,7-8,11-12,14-21,31H,3-4,6,9-10,13,22H2,1-2H3,(H,32,33). The molecule has 0 fully saturated rings. The fraction of sp³-hybridized carbons (Fsp3) is 0.300. The van der Waals surface area contributed by atoms with Gasteiger partial charge in [0.25, 0.3) is 0 Å². The second-order valence-corrected chi connectivity index (χ2v) is 10.9. The maximum Gasteiger partial charge on any atom is 0.240 e. The number of methoxy groups -OCH3 is 1. The molecule has 0 unspecified atom stereocenters. The number of aromatic nitrogens is 2. The number of nitrogens with one attached hydrogen (secondary N) is 2. The van der Waals surface area contributed by atoms with Crippen LogP contribution in [0.3, 0.4) is 0 Å². The minimum absolute atomic E-state index is 0.304. The zero-order valence-electron chi connectivity index (χ0n) is 21.5. The molecule has 37 heavy (non-hydrogen) atoms. The monoisotopic (exact) mass is 517 g/mol. The SMILES string of the molecule is CCCCCc1ccc(S(=O)(=O)NCCCc2[nH]c(-c3ccccc3)nc2-c2ccc(OC)cc2)cc1. The van der Waals surface area contributed by atoms with Gasteiger partial charge in [-0.25, -0.2) is 18.1 Å². The van der Waals surface area contributed by atoms with Gasteiger partial charge in [0.1, 0.15) is 11.6 Å². The number of sulfonamides is 1. The average molecular weight is 518 g/mol. The van der Waals surface area contributed by atoms with Gasteiger partial charge in [0.15, 0.2) is 0 Å². The molecule has 1 aromatic heterocycles. The Bertz CT molecular complexity index is 1360. The number of aromatic amines is 1. The summed E-state index contributed by atoms with van der Waals surface area (Å²) in [6, 6.07) is 25.0. The zero-order valence-corrected chi connectivity index (χ0v) is 22.4. The average Bonchev–Trinajstić information content (AvgIpc) is 3.36. The van der Waals surface area contributed by atoms with E-state index in [0.717, 1.165) is 46.9 Å². The predicted octanol–water partition coefficient (Wildman–Crippen LogP) is 6.40. The van der Waals surface area contributed by atoms with Crippen LogP contribution in [0.2, 0.25) is 0 Å². The van der Waals surface area contributed by atoms with Gasteiger partial charge in [-0.1, -0.05) is 62.2 Å². The van der Waals surface area contributed by atoms with Crippen LogP contribution in [0, 0.1) is 0 Å². The minimum Gasteiger partial charge on any atom is -0.497 e. The predicted molar refractivity (Wildman–Crippen MR) is 149 cm³/mol. The molecule has 7 heteroatoms. The molecule has 0 saturated heterocycles. The van der Waals surface area contributed by atoms with Gasteiger partial charge < -0.3 is 9.72 Å². The molecule has 0 aliphatic rings. The van der Waals surface area contributed by atoms with Crippen molar-refractivity contribution in [3.63, 3.8) is 0 Å². The van der Waals surface area contributed by atoms with Crippen LogP contribution >= 0.6 is 0 Å². The van der Waals surface area contributed by atoms with Gasteiger partial charge in [0, 0.05) is 23.4 Å². The number of hydrogen-bond acceptors (Lipinski definition) is 4. The molecule has 0 aliphatic carbocycles. The number of aryl methyl sites for hydroxylation is 2. The molecule has 1 heterocycles. The Morgan fingerprint density at radius 2 is 1.57 bits per heavy atom. The summed E-state index contributed by atoms with van der Waals surface area (Å²) in [5, 5.41) is 0. The number of ether oxygens (including phenoxy) is 1. The Labute approximate surface area is 220 Å². The van der Waals surface area contributed by atoms with Gasteiger partial charge in [-0.05, 0) is 67.6 Å². The number of imidazole rings is 1. The topological polar surface area (TPSA) is 84.1 Å². The van der Waals surface area contributed by atoms with E-state index >= 15 is 0 Å². The summed E-state index contributed by atoms with van der Waals surface area (Å²) in [5.41, 5.74) is 4.99. The molecule has 0 amide bonds. The van der Waals surface area contributed by atoms with Crippen LogP contribution in [0.25, 0.3) is 22.6 Å². The van der Waals surface area contributed by atoms with Gasteiger partial charge >= 0.3 is 0 Å². The van der Waals surface area contributed by atoms with Crippen molar-refractivity contribution < 1.29 is 13.2 Å². The molecule has 4 rings (SSSR count). The first-order valence-electron chi connectivity index (χ1n) is 12.9. The second-order valence-electron chi connectivity index (χ2n) is 9.11. The Balaban J connectivity index is 1.42. The first-order chi connectivity index (χ1) is 18.0. The smallest absolute Gasteiger partial charge is 0.240 e. The summed E-state index contributed by atoms with van der Waals surface area (Å²) in [6.07, 6.45) is 5.75. The van der Waals surface area contributed by atoms with E-state index in [-0.39, 0.29) is 0 Å². The molecule has 4 aromatic rings. The Morgan fingerprint density at radius 3 is 2.24 bits per heavy atom. The third kappa shape index (κ3) is 7.08. The van der Waals surface area contributed by atoms with E-state index < -0.39 is 10.0 Å². The van der Waals surface area contributed by atoms with Crippen LogP contribution in [0.15, 0.2) is 83.8 Å². The van der Waals surface area contributed by atoms with Crippen molar-refractivity contribution in [1.82, 2.24) is 14.7 Å². The molecule has 194 valence electrons. The summed E-state index contributed by atoms with van der Waals surface area (Å²) in [6.45, 7) is 2.51. The molecule has 2 N–H and O–H groups in total. The molecule has 0 saturated carbocycles. The van der Waals surface area contributed by atoms with Crippen LogP contribution in [-0.4, -0.2) is 32.0 Å². The first kappa shape index (κ1) is 26.6. The lowest BCUT2D eigenvalue weighted by atomic mass is 10.1. The summed E-state index contributed by atoms with van der Waals surface area (Å²) in [7, 11) is -1.91. The van der Waals surface area contributed by atoms with Gasteiger partial charge in [-0.2, -0.15) is 0 Å². The van der Waals surface area contributed by atoms with Gasteiger partial charge in [0.05, 0.1) is 17.7 Å². The molecule has 0 bridgehead atoms. The molecule has 0 aliphatic heterocycles. The van der Waals surface area contributed by atoms with Crippen LogP contribution < -0.4 is 9.46 Å². The molecular weight excluding hydrogens is 482 g/mol. The van der Waals surface area contributed by atoms with E-state index in [1.165, 1.54) is 18.4 Å². The van der Waals surface area contributed by atoms with Crippen LogP contribution in [0.5, 0.6) is 5.75 Å². The van der Waals surface area contributed by atoms with Crippen molar-refractivity contribution >= 4 is 10.0 Å². The van der Waals surface area contributed by atoms with Gasteiger partial charge in [-0.3, -0.25) is 0 Å². The van der Waals surface area contributed by atoms with Crippen LogP contribution in [-0.2, 0) is 22.9 Å². The van der Waals surface area contributed by atoms with Crippen molar-refractivity contribution in [2.75, 3.05) is 13.7 Å². The number of nitrogens with zero attached hydrogens (tertiary/aromatic N) is 1. The summed E-state index contributed by atoms with van der Waals surface area (Å²) >= 11 is 0. The quantitative estimate of drug-likeness (QED) is 0.201. The second kappa shape index (κ2) is 12.7. The van der Waals surface area contributed by atoms with E-state index in [9.17, 15) is 8.42 Å². The highest BCUT2D eigenvalue weighted by Crippen LogP contribution is 2.28. The normalized spacial score (nSPS) is 11.5. The van der Waals surface area contributed by atoms with Crippen molar-refractivity contribution in [2.45, 2.75) is 50.3 Å². The highest BCUT2D eigenvalue weighted by Gasteiger charge is 2.16. The van der Waals surface area contributed by atoms with E-state index in [1.807, 2.05) is 66.7 Å². The van der Waals surface area contributed by atoms with Crippen molar-refractivity contribution in [3.8, 4) is 28.4 Å². The fourth-order valence-electron chi connectivity index (χ4n) is 4.28. The van der Waals surface area contributed by atoms with E-state index in [1.54, 1.807) is 19.2 Å². The largest absolute Gasteiger partial charge is 0.497 e. The first-order valence-corrected chi connectivity index (χ1v) is 14.4. The summed E-state index contributed by atoms with van der Waals surface area (Å²) in [5.74, 6) is 1.58. The van der Waals surface area contributed by atoms with E-state index in [4.69, 9.17) is 9.72 Å². The summed E-state index contributed by atoms with van der Waals surface area (Å²) in [4.78, 5) is 8.65. The molecule has 0 spiro atoms. The minimum atomic E-state index is -3.55. The van der Waals surface area contributed by atoms with Crippen molar-refractivity contribution in [1.29, 1.82) is 0 Å². The number of unbranched alkanes of at least 4 members (excludes halogenated alkanes) is 2. The Morgan fingerprint density at radius 1 is 0.838 bits per heavy atom. The maximum absolute atomic E-state index is 12.8. The van der Waals surface area contributed by atoms with Crippen molar-refractivity contribution in [2.24, 2.45) is 0 Å². The highest BCUT2D eigenvalue weighted by atomic mass is 32.2. The lowest BCUT2D eigenvalue weighted by molar-refractivity contribution is 0.415. The highest BCUT2D eigenvalue weighted by molar-refractivity contribution is 7.89.